The smallest absolute Gasteiger partial charge is 0.146 e. The molecule has 0 aliphatic heterocycles. The van der Waals surface area contributed by atoms with Gasteiger partial charge in [0, 0.05) is 17.9 Å². The van der Waals surface area contributed by atoms with Crippen molar-refractivity contribution in [2.45, 2.75) is 85.7 Å². The first-order valence-electron chi connectivity index (χ1n) is 11.8. The molecule has 0 aromatic heterocycles. The van der Waals surface area contributed by atoms with Crippen LogP contribution in [0.5, 0.6) is 0 Å². The summed E-state index contributed by atoms with van der Waals surface area (Å²) < 4.78 is 0. The molecule has 0 amide bonds. The Bertz CT molecular complexity index is 663. The molecule has 7 atom stereocenters. The van der Waals surface area contributed by atoms with Crippen molar-refractivity contribution in [3.63, 3.8) is 0 Å². The molecule has 29 heavy (non-hydrogen) atoms. The van der Waals surface area contributed by atoms with Crippen molar-refractivity contribution in [1.29, 1.82) is 0 Å². The van der Waals surface area contributed by atoms with Gasteiger partial charge in [0.25, 0.3) is 0 Å². The van der Waals surface area contributed by atoms with Crippen LogP contribution in [0.2, 0.25) is 0 Å². The van der Waals surface area contributed by atoms with E-state index in [1.165, 1.54) is 5.57 Å². The highest BCUT2D eigenvalue weighted by Crippen LogP contribution is 2.59. The fourth-order valence-corrected chi connectivity index (χ4v) is 6.88. The van der Waals surface area contributed by atoms with E-state index in [1.807, 2.05) is 0 Å². The zero-order valence-corrected chi connectivity index (χ0v) is 19.2. The van der Waals surface area contributed by atoms with Gasteiger partial charge in [-0.3, -0.25) is 4.79 Å². The van der Waals surface area contributed by atoms with Crippen LogP contribution in [0.1, 0.15) is 79.6 Å². The van der Waals surface area contributed by atoms with Crippen molar-refractivity contribution in [3.8, 4) is 0 Å². The zero-order valence-electron chi connectivity index (χ0n) is 19.2. The van der Waals surface area contributed by atoms with Gasteiger partial charge in [0.2, 0.25) is 0 Å². The van der Waals surface area contributed by atoms with Crippen LogP contribution in [-0.4, -0.2) is 28.7 Å². The van der Waals surface area contributed by atoms with Crippen LogP contribution in [-0.2, 0) is 4.79 Å². The average molecular weight is 403 g/mol. The maximum Gasteiger partial charge on any atom is 0.146 e. The second-order valence-corrected chi connectivity index (χ2v) is 10.9. The Labute approximate surface area is 177 Å². The third-order valence-corrected chi connectivity index (χ3v) is 8.69. The zero-order chi connectivity index (χ0) is 21.4. The predicted molar refractivity (Wildman–Crippen MR) is 118 cm³/mol. The first-order chi connectivity index (χ1) is 13.6. The fourth-order valence-electron chi connectivity index (χ4n) is 6.88. The molecule has 0 radical (unpaired) electrons. The topological polar surface area (TPSA) is 57.5 Å². The van der Waals surface area contributed by atoms with Gasteiger partial charge in [-0.1, -0.05) is 51.5 Å². The summed E-state index contributed by atoms with van der Waals surface area (Å²) in [5, 5.41) is 20.0. The molecule has 0 aromatic carbocycles. The van der Waals surface area contributed by atoms with Crippen molar-refractivity contribution >= 4 is 5.78 Å². The highest BCUT2D eigenvalue weighted by Gasteiger charge is 2.55. The van der Waals surface area contributed by atoms with E-state index in [-0.39, 0.29) is 29.5 Å². The summed E-state index contributed by atoms with van der Waals surface area (Å²) in [6.07, 6.45) is 12.6. The molecule has 0 bridgehead atoms. The summed E-state index contributed by atoms with van der Waals surface area (Å²) >= 11 is 0. The van der Waals surface area contributed by atoms with Crippen LogP contribution in [0.4, 0.5) is 0 Å². The lowest BCUT2D eigenvalue weighted by atomic mass is 9.56. The first kappa shape index (κ1) is 22.7. The molecule has 3 aliphatic carbocycles. The van der Waals surface area contributed by atoms with Gasteiger partial charge in [0.15, 0.2) is 0 Å². The lowest BCUT2D eigenvalue weighted by Crippen LogP contribution is -2.47. The lowest BCUT2D eigenvalue weighted by Gasteiger charge is -2.47. The molecular weight excluding hydrogens is 360 g/mol. The monoisotopic (exact) mass is 402 g/mol. The van der Waals surface area contributed by atoms with Crippen LogP contribution in [0, 0.1) is 40.4 Å². The molecule has 3 nitrogen and oxygen atoms in total. The molecule has 3 heteroatoms. The number of fused-ring (bicyclic) bond motifs is 1. The number of Topliss-reactive ketones (excluding diaryl/α,β-unsaturated/α-hetero) is 1. The Morgan fingerprint density at radius 2 is 1.90 bits per heavy atom. The van der Waals surface area contributed by atoms with E-state index in [0.29, 0.717) is 35.9 Å². The Hall–Kier alpha value is -0.930. The summed E-state index contributed by atoms with van der Waals surface area (Å²) in [7, 11) is 0. The molecule has 7 unspecified atom stereocenters. The van der Waals surface area contributed by atoms with Gasteiger partial charge >= 0.3 is 0 Å². The van der Waals surface area contributed by atoms with Gasteiger partial charge in [-0.25, -0.2) is 0 Å². The van der Waals surface area contributed by atoms with E-state index in [4.69, 9.17) is 0 Å². The predicted octanol–water partition coefficient (Wildman–Crippen LogP) is 5.32. The Kier molecular flexibility index (Phi) is 6.80. The quantitative estimate of drug-likeness (QED) is 0.592. The van der Waals surface area contributed by atoms with Gasteiger partial charge in [-0.2, -0.15) is 0 Å². The number of hydrogen-bond acceptors (Lipinski definition) is 3. The van der Waals surface area contributed by atoms with Crippen molar-refractivity contribution in [3.05, 3.63) is 23.8 Å². The van der Waals surface area contributed by atoms with E-state index in [2.05, 4.69) is 52.8 Å². The number of carbonyl (C=O) groups excluding carboxylic acids is 1. The molecular formula is C26H42O3. The van der Waals surface area contributed by atoms with Gasteiger partial charge in [0.1, 0.15) is 5.78 Å². The van der Waals surface area contributed by atoms with Crippen molar-refractivity contribution < 1.29 is 15.0 Å². The molecule has 2 N–H and O–H groups in total. The van der Waals surface area contributed by atoms with Crippen LogP contribution in [0.15, 0.2) is 23.8 Å². The average Bonchev–Trinajstić information content (AvgIpc) is 2.99. The van der Waals surface area contributed by atoms with Crippen molar-refractivity contribution in [1.82, 2.24) is 0 Å². The maximum absolute atomic E-state index is 13.8. The molecule has 2 fully saturated rings. The minimum Gasteiger partial charge on any atom is -0.396 e. The number of ketones is 1. The Morgan fingerprint density at radius 1 is 1.17 bits per heavy atom. The van der Waals surface area contributed by atoms with Gasteiger partial charge in [-0.15, -0.1) is 0 Å². The highest BCUT2D eigenvalue weighted by atomic mass is 16.3. The second-order valence-electron chi connectivity index (χ2n) is 10.9. The summed E-state index contributed by atoms with van der Waals surface area (Å²) in [6, 6.07) is 0. The minimum absolute atomic E-state index is 0.00824. The first-order valence-corrected chi connectivity index (χ1v) is 11.8. The summed E-state index contributed by atoms with van der Waals surface area (Å²) in [6.45, 7) is 11.4. The Balaban J connectivity index is 1.87. The number of allylic oxidation sites excluding steroid dienone is 3. The van der Waals surface area contributed by atoms with E-state index >= 15 is 0 Å². The van der Waals surface area contributed by atoms with Crippen LogP contribution in [0.25, 0.3) is 0 Å². The number of carbonyl (C=O) groups is 1. The van der Waals surface area contributed by atoms with Gasteiger partial charge < -0.3 is 10.2 Å². The lowest BCUT2D eigenvalue weighted by molar-refractivity contribution is -0.136. The third-order valence-electron chi connectivity index (χ3n) is 8.69. The van der Waals surface area contributed by atoms with Crippen LogP contribution >= 0.6 is 0 Å². The van der Waals surface area contributed by atoms with Gasteiger partial charge in [-0.05, 0) is 81.0 Å². The van der Waals surface area contributed by atoms with Crippen LogP contribution in [0.3, 0.4) is 0 Å². The number of aliphatic hydroxyl groups excluding tert-OH is 2. The molecule has 0 spiro atoms. The van der Waals surface area contributed by atoms with E-state index in [1.54, 1.807) is 0 Å². The highest BCUT2D eigenvalue weighted by molar-refractivity contribution is 5.91. The SMILES string of the molecule is CC(C)C=CC(C)C1CCC(C2CC=C3CC(O)CCC3(C)C2=O)C1(C)CCO. The van der Waals surface area contributed by atoms with Gasteiger partial charge in [0.05, 0.1) is 6.10 Å². The molecule has 2 saturated carbocycles. The molecule has 164 valence electrons. The number of aliphatic hydroxyl groups is 2. The number of hydrogen-bond donors (Lipinski definition) is 2. The molecule has 0 aromatic rings. The molecule has 0 heterocycles. The summed E-state index contributed by atoms with van der Waals surface area (Å²) in [5.41, 5.74) is 0.777. The van der Waals surface area contributed by atoms with E-state index < -0.39 is 0 Å². The second kappa shape index (κ2) is 8.67. The molecule has 3 aliphatic rings. The van der Waals surface area contributed by atoms with Crippen LogP contribution < -0.4 is 0 Å². The van der Waals surface area contributed by atoms with E-state index in [9.17, 15) is 15.0 Å². The Morgan fingerprint density at radius 3 is 2.55 bits per heavy atom. The van der Waals surface area contributed by atoms with Crippen molar-refractivity contribution in [2.75, 3.05) is 6.61 Å². The largest absolute Gasteiger partial charge is 0.396 e. The van der Waals surface area contributed by atoms with Crippen molar-refractivity contribution in [2.24, 2.45) is 40.4 Å². The van der Waals surface area contributed by atoms with E-state index in [0.717, 1.165) is 38.5 Å². The number of rotatable bonds is 6. The summed E-state index contributed by atoms with van der Waals surface area (Å²) in [4.78, 5) is 13.8. The molecule has 0 saturated heterocycles. The summed E-state index contributed by atoms with van der Waals surface area (Å²) in [5.74, 6) is 2.31. The normalized spacial score (nSPS) is 41.7. The maximum atomic E-state index is 13.8. The standard InChI is InChI=1S/C26H42O3/c1-17(2)6-7-18(3)22-10-11-23(26(22,5)14-15-27)21-9-8-19-16-20(28)12-13-25(19,4)24(21)29/h6-8,17-18,20-23,27-28H,9-16H2,1-5H3. The fraction of sp³-hybridized carbons (Fsp3) is 0.808. The molecule has 3 rings (SSSR count). The minimum atomic E-state index is -0.385. The third kappa shape index (κ3) is 4.14.